The van der Waals surface area contributed by atoms with Gasteiger partial charge in [-0.05, 0) is 30.3 Å². The predicted octanol–water partition coefficient (Wildman–Crippen LogP) is 2.26. The van der Waals surface area contributed by atoms with Gasteiger partial charge in [-0.15, -0.1) is 0 Å². The lowest BCUT2D eigenvalue weighted by Gasteiger charge is -2.32. The quantitative estimate of drug-likeness (QED) is 0.869. The average Bonchev–Trinajstić information content (AvgIpc) is 3.10. The van der Waals surface area contributed by atoms with E-state index in [4.69, 9.17) is 32.7 Å². The van der Waals surface area contributed by atoms with Crippen LogP contribution >= 0.6 is 23.2 Å². The molecule has 26 heavy (non-hydrogen) atoms. The van der Waals surface area contributed by atoms with Crippen molar-refractivity contribution in [1.29, 1.82) is 0 Å². The van der Waals surface area contributed by atoms with Crippen LogP contribution in [0.1, 0.15) is 15.9 Å². The SMILES string of the molecule is O=C(c1c(Cl)cccc1Cl)N1CC[NH+](Cc2ccc3c(c2)OCO3)CC1. The van der Waals surface area contributed by atoms with E-state index in [2.05, 4.69) is 6.07 Å². The summed E-state index contributed by atoms with van der Waals surface area (Å²) in [6, 6.07) is 11.2. The number of piperazine rings is 1. The zero-order valence-electron chi connectivity index (χ0n) is 14.1. The molecule has 1 fully saturated rings. The maximum atomic E-state index is 12.8. The van der Waals surface area contributed by atoms with Crippen molar-refractivity contribution < 1.29 is 19.2 Å². The largest absolute Gasteiger partial charge is 0.454 e. The van der Waals surface area contributed by atoms with Crippen molar-refractivity contribution in [3.8, 4) is 11.5 Å². The van der Waals surface area contributed by atoms with E-state index in [9.17, 15) is 4.79 Å². The molecule has 0 atom stereocenters. The van der Waals surface area contributed by atoms with Crippen molar-refractivity contribution in [3.63, 3.8) is 0 Å². The topological polar surface area (TPSA) is 43.2 Å². The molecule has 1 N–H and O–H groups in total. The molecule has 2 aromatic carbocycles. The third-order valence-corrected chi connectivity index (χ3v) is 5.46. The highest BCUT2D eigenvalue weighted by Gasteiger charge is 2.27. The number of halogens is 2. The second kappa shape index (κ2) is 7.35. The van der Waals surface area contributed by atoms with E-state index in [-0.39, 0.29) is 12.7 Å². The van der Waals surface area contributed by atoms with Crippen LogP contribution in [0, 0.1) is 0 Å². The molecule has 2 aliphatic heterocycles. The van der Waals surface area contributed by atoms with Gasteiger partial charge in [-0.1, -0.05) is 29.3 Å². The molecule has 0 radical (unpaired) electrons. The summed E-state index contributed by atoms with van der Waals surface area (Å²) in [5.74, 6) is 1.52. The number of rotatable bonds is 3. The van der Waals surface area contributed by atoms with Gasteiger partial charge < -0.3 is 19.3 Å². The number of benzene rings is 2. The van der Waals surface area contributed by atoms with Crippen LogP contribution in [0.2, 0.25) is 10.0 Å². The molecule has 2 aromatic rings. The van der Waals surface area contributed by atoms with Gasteiger partial charge in [-0.2, -0.15) is 0 Å². The highest BCUT2D eigenvalue weighted by Crippen LogP contribution is 2.32. The van der Waals surface area contributed by atoms with E-state index in [0.29, 0.717) is 28.7 Å². The van der Waals surface area contributed by atoms with Gasteiger partial charge in [0, 0.05) is 5.56 Å². The standard InChI is InChI=1S/C19H18Cl2N2O3/c20-14-2-1-3-15(21)18(14)19(24)23-8-6-22(7-9-23)11-13-4-5-16-17(10-13)26-12-25-16/h1-5,10H,6-9,11-12H2/p+1. The third kappa shape index (κ3) is 3.47. The third-order valence-electron chi connectivity index (χ3n) is 4.83. The number of carbonyl (C=O) groups excluding carboxylic acids is 1. The molecule has 0 aromatic heterocycles. The number of quaternary nitrogens is 1. The summed E-state index contributed by atoms with van der Waals surface area (Å²) in [6.45, 7) is 4.30. The lowest BCUT2D eigenvalue weighted by Crippen LogP contribution is -3.13. The lowest BCUT2D eigenvalue weighted by atomic mass is 10.1. The average molecular weight is 394 g/mol. The second-order valence-electron chi connectivity index (χ2n) is 6.50. The molecule has 0 unspecified atom stereocenters. The van der Waals surface area contributed by atoms with Crippen LogP contribution in [-0.4, -0.2) is 43.8 Å². The Labute approximate surface area is 162 Å². The van der Waals surface area contributed by atoms with Crippen LogP contribution < -0.4 is 14.4 Å². The predicted molar refractivity (Wildman–Crippen MR) is 99.3 cm³/mol. The van der Waals surface area contributed by atoms with Gasteiger partial charge in [-0.25, -0.2) is 0 Å². The van der Waals surface area contributed by atoms with Gasteiger partial charge in [0.1, 0.15) is 6.54 Å². The second-order valence-corrected chi connectivity index (χ2v) is 7.32. The van der Waals surface area contributed by atoms with Crippen molar-refractivity contribution >= 4 is 29.1 Å². The first-order valence-corrected chi connectivity index (χ1v) is 9.33. The normalized spacial score (nSPS) is 16.8. The molecule has 0 aliphatic carbocycles. The van der Waals surface area contributed by atoms with Gasteiger partial charge in [-0.3, -0.25) is 4.79 Å². The highest BCUT2D eigenvalue weighted by atomic mass is 35.5. The Kier molecular flexibility index (Phi) is 4.94. The van der Waals surface area contributed by atoms with Crippen molar-refractivity contribution in [1.82, 2.24) is 4.90 Å². The monoisotopic (exact) mass is 393 g/mol. The molecule has 7 heteroatoms. The van der Waals surface area contributed by atoms with Gasteiger partial charge in [0.2, 0.25) is 6.79 Å². The summed E-state index contributed by atoms with van der Waals surface area (Å²) in [7, 11) is 0. The first-order valence-electron chi connectivity index (χ1n) is 8.57. The van der Waals surface area contributed by atoms with E-state index < -0.39 is 0 Å². The van der Waals surface area contributed by atoms with E-state index in [1.54, 1.807) is 18.2 Å². The number of fused-ring (bicyclic) bond motifs is 1. The van der Waals surface area contributed by atoms with E-state index in [1.807, 2.05) is 17.0 Å². The summed E-state index contributed by atoms with van der Waals surface area (Å²) in [5, 5.41) is 0.801. The molecule has 2 aliphatic rings. The number of nitrogens with one attached hydrogen (secondary N) is 1. The summed E-state index contributed by atoms with van der Waals surface area (Å²) >= 11 is 12.3. The Morgan fingerprint density at radius 1 is 1.04 bits per heavy atom. The van der Waals surface area contributed by atoms with Crippen molar-refractivity contribution in [2.75, 3.05) is 33.0 Å². The molecular weight excluding hydrogens is 375 g/mol. The Bertz CT molecular complexity index is 815. The maximum Gasteiger partial charge on any atom is 0.257 e. The molecule has 136 valence electrons. The Morgan fingerprint density at radius 2 is 1.73 bits per heavy atom. The van der Waals surface area contributed by atoms with Crippen LogP contribution in [0.5, 0.6) is 11.5 Å². The van der Waals surface area contributed by atoms with Crippen molar-refractivity contribution in [2.45, 2.75) is 6.54 Å². The van der Waals surface area contributed by atoms with Crippen LogP contribution in [0.25, 0.3) is 0 Å². The zero-order chi connectivity index (χ0) is 18.1. The van der Waals surface area contributed by atoms with E-state index in [1.165, 1.54) is 10.5 Å². The summed E-state index contributed by atoms with van der Waals surface area (Å²) in [4.78, 5) is 16.0. The maximum absolute atomic E-state index is 12.8. The Balaban J connectivity index is 1.37. The fourth-order valence-corrected chi connectivity index (χ4v) is 3.96. The Hall–Kier alpha value is -1.95. The van der Waals surface area contributed by atoms with E-state index in [0.717, 1.165) is 31.1 Å². The van der Waals surface area contributed by atoms with Gasteiger partial charge in [0.05, 0.1) is 41.8 Å². The minimum atomic E-state index is -0.0947. The van der Waals surface area contributed by atoms with Gasteiger partial charge >= 0.3 is 0 Å². The minimum absolute atomic E-state index is 0.0947. The number of hydrogen-bond acceptors (Lipinski definition) is 3. The molecule has 5 nitrogen and oxygen atoms in total. The summed E-state index contributed by atoms with van der Waals surface area (Å²) in [6.07, 6.45) is 0. The fourth-order valence-electron chi connectivity index (χ4n) is 3.40. The smallest absolute Gasteiger partial charge is 0.257 e. The van der Waals surface area contributed by atoms with Crippen LogP contribution in [0.15, 0.2) is 36.4 Å². The number of amides is 1. The number of hydrogen-bond donors (Lipinski definition) is 1. The molecular formula is C19H19Cl2N2O3+. The molecule has 0 saturated carbocycles. The zero-order valence-corrected chi connectivity index (χ0v) is 15.6. The van der Waals surface area contributed by atoms with Crippen LogP contribution in [-0.2, 0) is 6.54 Å². The molecule has 2 heterocycles. The molecule has 0 bridgehead atoms. The lowest BCUT2D eigenvalue weighted by molar-refractivity contribution is -0.917. The van der Waals surface area contributed by atoms with Crippen molar-refractivity contribution in [3.05, 3.63) is 57.6 Å². The number of ether oxygens (including phenoxy) is 2. The number of nitrogens with zero attached hydrogens (tertiary/aromatic N) is 1. The number of carbonyl (C=O) groups is 1. The minimum Gasteiger partial charge on any atom is -0.454 e. The van der Waals surface area contributed by atoms with Crippen LogP contribution in [0.4, 0.5) is 0 Å². The molecule has 1 saturated heterocycles. The molecule has 4 rings (SSSR count). The summed E-state index contributed by atoms with van der Waals surface area (Å²) in [5.41, 5.74) is 1.60. The first-order chi connectivity index (χ1) is 12.6. The fraction of sp³-hybridized carbons (Fsp3) is 0.316. The van der Waals surface area contributed by atoms with E-state index >= 15 is 0 Å². The van der Waals surface area contributed by atoms with Gasteiger partial charge in [0.25, 0.3) is 5.91 Å². The molecule has 1 amide bonds. The van der Waals surface area contributed by atoms with Crippen molar-refractivity contribution in [2.24, 2.45) is 0 Å². The highest BCUT2D eigenvalue weighted by molar-refractivity contribution is 6.39. The van der Waals surface area contributed by atoms with Gasteiger partial charge in [0.15, 0.2) is 11.5 Å². The van der Waals surface area contributed by atoms with Crippen LogP contribution in [0.3, 0.4) is 0 Å². The Morgan fingerprint density at radius 3 is 2.46 bits per heavy atom. The molecule has 0 spiro atoms. The first kappa shape index (κ1) is 17.5. The summed E-state index contributed by atoms with van der Waals surface area (Å²) < 4.78 is 10.8.